The molecule has 0 aliphatic carbocycles. The summed E-state index contributed by atoms with van der Waals surface area (Å²) in [5, 5.41) is 0. The van der Waals surface area contributed by atoms with E-state index in [1.54, 1.807) is 48.5 Å². The van der Waals surface area contributed by atoms with Gasteiger partial charge in [0.2, 0.25) is 5.75 Å². The van der Waals surface area contributed by atoms with Gasteiger partial charge >= 0.3 is 12.5 Å². The van der Waals surface area contributed by atoms with Crippen LogP contribution in [0, 0.1) is 11.6 Å². The average molecular weight is 490 g/mol. The summed E-state index contributed by atoms with van der Waals surface area (Å²) in [5.74, 6) is -7.11. The van der Waals surface area contributed by atoms with Gasteiger partial charge in [0.15, 0.2) is 11.6 Å². The molecule has 3 rings (SSSR count). The van der Waals surface area contributed by atoms with Gasteiger partial charge in [0, 0.05) is 5.56 Å². The first-order valence-electron chi connectivity index (χ1n) is 10.1. The Hall–Kier alpha value is -3.30. The maximum absolute atomic E-state index is 14.5. The number of para-hydroxylation sites is 1. The highest BCUT2D eigenvalue weighted by molar-refractivity contribution is 5.36. The minimum absolute atomic E-state index is 0.0781. The number of aryl methyl sites for hydroxylation is 1. The van der Waals surface area contributed by atoms with Gasteiger partial charge in [0.25, 0.3) is 0 Å². The molecule has 0 heterocycles. The maximum Gasteiger partial charge on any atom is 0.573 e. The van der Waals surface area contributed by atoms with Crippen molar-refractivity contribution >= 4 is 0 Å². The van der Waals surface area contributed by atoms with Crippen molar-refractivity contribution in [3.8, 4) is 17.2 Å². The molecular weight excluding hydrogens is 472 g/mol. The van der Waals surface area contributed by atoms with Crippen molar-refractivity contribution in [1.82, 2.24) is 0 Å². The van der Waals surface area contributed by atoms with Crippen molar-refractivity contribution in [2.24, 2.45) is 0 Å². The molecule has 1 unspecified atom stereocenters. The summed E-state index contributed by atoms with van der Waals surface area (Å²) in [6, 6.07) is 16.3. The van der Waals surface area contributed by atoms with E-state index in [1.807, 2.05) is 6.07 Å². The van der Waals surface area contributed by atoms with E-state index in [0.29, 0.717) is 29.2 Å². The molecule has 2 nitrogen and oxygen atoms in total. The number of rotatable bonds is 8. The fourth-order valence-corrected chi connectivity index (χ4v) is 3.42. The van der Waals surface area contributed by atoms with E-state index in [1.165, 1.54) is 0 Å². The third kappa shape index (κ3) is 6.85. The van der Waals surface area contributed by atoms with Gasteiger partial charge in [0.1, 0.15) is 11.5 Å². The topological polar surface area (TPSA) is 18.5 Å². The normalized spacial score (nSPS) is 12.9. The van der Waals surface area contributed by atoms with Gasteiger partial charge in [-0.2, -0.15) is 13.2 Å². The standard InChI is InChI=1S/C24H18F8O2/c25-20-13-12-18(21(26)22(20)34-24(30,31)32)19(23(27,28)29)11-5-7-15-6-4-10-17(14-15)33-16-8-2-1-3-9-16/h1-4,6,8-10,12-14,19H,5,7,11H2. The van der Waals surface area contributed by atoms with Crippen LogP contribution in [0.15, 0.2) is 66.7 Å². The van der Waals surface area contributed by atoms with Crippen LogP contribution in [-0.2, 0) is 6.42 Å². The third-order valence-electron chi connectivity index (χ3n) is 4.90. The zero-order chi connectivity index (χ0) is 24.9. The molecule has 0 spiro atoms. The van der Waals surface area contributed by atoms with Gasteiger partial charge in [0.05, 0.1) is 5.92 Å². The summed E-state index contributed by atoms with van der Waals surface area (Å²) >= 11 is 0. The van der Waals surface area contributed by atoms with E-state index < -0.39 is 47.8 Å². The molecule has 0 saturated heterocycles. The lowest BCUT2D eigenvalue weighted by molar-refractivity contribution is -0.276. The van der Waals surface area contributed by atoms with Gasteiger partial charge in [-0.3, -0.25) is 0 Å². The Balaban J connectivity index is 1.74. The number of alkyl halides is 6. The highest BCUT2D eigenvalue weighted by Gasteiger charge is 2.43. The fraction of sp³-hybridized carbons (Fsp3) is 0.250. The molecule has 3 aromatic rings. The Bertz CT molecular complexity index is 1090. The van der Waals surface area contributed by atoms with Gasteiger partial charge in [-0.25, -0.2) is 8.78 Å². The molecule has 10 heteroatoms. The molecule has 34 heavy (non-hydrogen) atoms. The van der Waals surface area contributed by atoms with E-state index in [4.69, 9.17) is 4.74 Å². The Kier molecular flexibility index (Phi) is 7.68. The monoisotopic (exact) mass is 490 g/mol. The first kappa shape index (κ1) is 25.3. The van der Waals surface area contributed by atoms with Crippen molar-refractivity contribution < 1.29 is 44.6 Å². The molecule has 0 aliphatic heterocycles. The van der Waals surface area contributed by atoms with Crippen molar-refractivity contribution in [2.45, 2.75) is 37.7 Å². The highest BCUT2D eigenvalue weighted by atomic mass is 19.4. The summed E-state index contributed by atoms with van der Waals surface area (Å²) in [7, 11) is 0. The molecular formula is C24H18F8O2. The Morgan fingerprint density at radius 3 is 2.09 bits per heavy atom. The van der Waals surface area contributed by atoms with Crippen LogP contribution in [0.2, 0.25) is 0 Å². The van der Waals surface area contributed by atoms with Crippen LogP contribution in [0.5, 0.6) is 17.2 Å². The third-order valence-corrected chi connectivity index (χ3v) is 4.90. The zero-order valence-electron chi connectivity index (χ0n) is 17.4. The fourth-order valence-electron chi connectivity index (χ4n) is 3.42. The largest absolute Gasteiger partial charge is 0.573 e. The van der Waals surface area contributed by atoms with Crippen LogP contribution < -0.4 is 9.47 Å². The van der Waals surface area contributed by atoms with Crippen molar-refractivity contribution in [1.29, 1.82) is 0 Å². The lowest BCUT2D eigenvalue weighted by atomic mass is 9.91. The quantitative estimate of drug-likeness (QED) is 0.296. The van der Waals surface area contributed by atoms with Crippen molar-refractivity contribution in [2.75, 3.05) is 0 Å². The summed E-state index contributed by atoms with van der Waals surface area (Å²) in [4.78, 5) is 0. The van der Waals surface area contributed by atoms with Crippen molar-refractivity contribution in [3.63, 3.8) is 0 Å². The van der Waals surface area contributed by atoms with Crippen LogP contribution in [0.4, 0.5) is 35.1 Å². The number of halogens is 8. The van der Waals surface area contributed by atoms with E-state index in [9.17, 15) is 35.1 Å². The first-order valence-corrected chi connectivity index (χ1v) is 10.1. The summed E-state index contributed by atoms with van der Waals surface area (Å²) < 4.78 is 115. The summed E-state index contributed by atoms with van der Waals surface area (Å²) in [5.41, 5.74) is -0.468. The van der Waals surface area contributed by atoms with Crippen LogP contribution in [0.1, 0.15) is 29.9 Å². The number of benzene rings is 3. The molecule has 0 aliphatic rings. The Labute approximate surface area is 189 Å². The van der Waals surface area contributed by atoms with Gasteiger partial charge in [-0.15, -0.1) is 13.2 Å². The van der Waals surface area contributed by atoms with Crippen LogP contribution in [0.25, 0.3) is 0 Å². The van der Waals surface area contributed by atoms with E-state index in [-0.39, 0.29) is 12.8 Å². The second-order valence-corrected chi connectivity index (χ2v) is 7.38. The Morgan fingerprint density at radius 2 is 1.44 bits per heavy atom. The molecule has 0 N–H and O–H groups in total. The van der Waals surface area contributed by atoms with Crippen molar-refractivity contribution in [3.05, 3.63) is 89.5 Å². The first-order chi connectivity index (χ1) is 15.9. The van der Waals surface area contributed by atoms with Crippen LogP contribution in [-0.4, -0.2) is 12.5 Å². The zero-order valence-corrected chi connectivity index (χ0v) is 17.4. The van der Waals surface area contributed by atoms with Gasteiger partial charge in [-0.1, -0.05) is 36.4 Å². The number of hydrogen-bond acceptors (Lipinski definition) is 2. The highest BCUT2D eigenvalue weighted by Crippen LogP contribution is 2.42. The second-order valence-electron chi connectivity index (χ2n) is 7.38. The van der Waals surface area contributed by atoms with Gasteiger partial charge < -0.3 is 9.47 Å². The van der Waals surface area contributed by atoms with Crippen LogP contribution in [0.3, 0.4) is 0 Å². The lowest BCUT2D eigenvalue weighted by Crippen LogP contribution is -2.24. The molecule has 0 amide bonds. The molecule has 1 atom stereocenters. The SMILES string of the molecule is Fc1ccc(C(CCCc2cccc(Oc3ccccc3)c2)C(F)(F)F)c(F)c1OC(F)(F)F. The Morgan fingerprint density at radius 1 is 0.765 bits per heavy atom. The predicted octanol–water partition coefficient (Wildman–Crippen LogP) is 8.32. The number of hydrogen-bond donors (Lipinski definition) is 0. The molecule has 0 fully saturated rings. The minimum Gasteiger partial charge on any atom is -0.457 e. The van der Waals surface area contributed by atoms with E-state index in [0.717, 1.165) is 0 Å². The smallest absolute Gasteiger partial charge is 0.457 e. The lowest BCUT2D eigenvalue weighted by Gasteiger charge is -2.22. The van der Waals surface area contributed by atoms with E-state index in [2.05, 4.69) is 4.74 Å². The van der Waals surface area contributed by atoms with E-state index >= 15 is 0 Å². The molecule has 0 aromatic heterocycles. The molecule has 182 valence electrons. The molecule has 0 radical (unpaired) electrons. The second kappa shape index (κ2) is 10.3. The molecule has 0 saturated carbocycles. The van der Waals surface area contributed by atoms with Crippen LogP contribution >= 0.6 is 0 Å². The molecule has 3 aromatic carbocycles. The minimum atomic E-state index is -5.47. The summed E-state index contributed by atoms with van der Waals surface area (Å²) in [6.07, 6.45) is -11.0. The predicted molar refractivity (Wildman–Crippen MR) is 108 cm³/mol. The number of ether oxygens (including phenoxy) is 2. The summed E-state index contributed by atoms with van der Waals surface area (Å²) in [6.45, 7) is 0. The maximum atomic E-state index is 14.5. The molecule has 0 bridgehead atoms. The van der Waals surface area contributed by atoms with Gasteiger partial charge in [-0.05, 0) is 55.2 Å². The average Bonchev–Trinajstić information content (AvgIpc) is 2.75.